The summed E-state index contributed by atoms with van der Waals surface area (Å²) in [4.78, 5) is 6.64. The van der Waals surface area contributed by atoms with Gasteiger partial charge in [-0.25, -0.2) is 12.8 Å². The van der Waals surface area contributed by atoms with Gasteiger partial charge >= 0.3 is 0 Å². The molecule has 0 spiro atoms. The third-order valence-corrected chi connectivity index (χ3v) is 6.49. The van der Waals surface area contributed by atoms with E-state index in [9.17, 15) is 12.8 Å². The fourth-order valence-electron chi connectivity index (χ4n) is 3.02. The molecule has 0 fully saturated rings. The van der Waals surface area contributed by atoms with E-state index >= 15 is 0 Å². The van der Waals surface area contributed by atoms with Crippen LogP contribution in [0.15, 0.2) is 58.4 Å². The van der Waals surface area contributed by atoms with Crippen LogP contribution >= 0.6 is 24.0 Å². The Kier molecular flexibility index (Phi) is 11.3. The lowest BCUT2D eigenvalue weighted by molar-refractivity contribution is 0.385. The number of sulfone groups is 1. The van der Waals surface area contributed by atoms with Crippen LogP contribution in [0.3, 0.4) is 0 Å². The molecule has 2 rings (SSSR count). The molecule has 0 bridgehead atoms. The predicted octanol–water partition coefficient (Wildman–Crippen LogP) is 4.10. The standard InChI is InChI=1S/C22H30FN3O3S.HI/c1-5-18(16-30(27,28)19-10-8-7-9-11-19)25-22(24-6-2)26(3)15-17-12-13-21(29-4)20(23)14-17;/h7-14,18H,5-6,15-16H2,1-4H3,(H,24,25);1H. The number of nitrogens with zero attached hydrogens (tertiary/aromatic N) is 2. The molecular formula is C22H31FIN3O3S. The zero-order valence-electron chi connectivity index (χ0n) is 18.3. The van der Waals surface area contributed by atoms with Crippen LogP contribution in [-0.4, -0.2) is 51.8 Å². The van der Waals surface area contributed by atoms with Crippen molar-refractivity contribution in [3.63, 3.8) is 0 Å². The fourth-order valence-corrected chi connectivity index (χ4v) is 4.63. The lowest BCUT2D eigenvalue weighted by Gasteiger charge is -2.27. The maximum Gasteiger partial charge on any atom is 0.194 e. The Morgan fingerprint density at radius 3 is 2.42 bits per heavy atom. The van der Waals surface area contributed by atoms with E-state index in [-0.39, 0.29) is 41.5 Å². The maximum absolute atomic E-state index is 14.0. The number of aliphatic imine (C=N–C) groups is 1. The molecule has 31 heavy (non-hydrogen) atoms. The number of hydrogen-bond donors (Lipinski definition) is 1. The van der Waals surface area contributed by atoms with Crippen LogP contribution in [0.25, 0.3) is 0 Å². The third-order valence-electron chi connectivity index (χ3n) is 4.65. The van der Waals surface area contributed by atoms with E-state index in [0.29, 0.717) is 30.4 Å². The Hall–Kier alpha value is -1.88. The first-order chi connectivity index (χ1) is 14.3. The minimum Gasteiger partial charge on any atom is -0.494 e. The molecule has 0 aliphatic heterocycles. The number of hydrogen-bond acceptors (Lipinski definition) is 4. The van der Waals surface area contributed by atoms with Crippen molar-refractivity contribution >= 4 is 39.8 Å². The Bertz CT molecular complexity index is 956. The summed E-state index contributed by atoms with van der Waals surface area (Å²) >= 11 is 0. The molecule has 0 aliphatic carbocycles. The van der Waals surface area contributed by atoms with Gasteiger partial charge in [-0.05, 0) is 43.2 Å². The fraction of sp³-hybridized carbons (Fsp3) is 0.409. The Morgan fingerprint density at radius 1 is 1.19 bits per heavy atom. The van der Waals surface area contributed by atoms with E-state index in [1.807, 2.05) is 25.8 Å². The Balaban J connectivity index is 0.00000480. The highest BCUT2D eigenvalue weighted by molar-refractivity contribution is 14.0. The molecule has 0 saturated carbocycles. The van der Waals surface area contributed by atoms with E-state index in [2.05, 4.69) is 10.3 Å². The van der Waals surface area contributed by atoms with Gasteiger partial charge in [0.2, 0.25) is 0 Å². The Morgan fingerprint density at radius 2 is 1.87 bits per heavy atom. The van der Waals surface area contributed by atoms with E-state index in [0.717, 1.165) is 5.56 Å². The molecular weight excluding hydrogens is 532 g/mol. The first-order valence-electron chi connectivity index (χ1n) is 9.93. The van der Waals surface area contributed by atoms with Gasteiger partial charge in [-0.1, -0.05) is 31.2 Å². The van der Waals surface area contributed by atoms with E-state index in [4.69, 9.17) is 4.74 Å². The molecule has 0 saturated heterocycles. The molecule has 0 amide bonds. The number of ether oxygens (including phenoxy) is 1. The predicted molar refractivity (Wildman–Crippen MR) is 134 cm³/mol. The normalized spacial score (nSPS) is 12.6. The molecule has 0 radical (unpaired) electrons. The van der Waals surface area contributed by atoms with Crippen molar-refractivity contribution in [3.8, 4) is 5.75 Å². The van der Waals surface area contributed by atoms with Gasteiger partial charge in [0.1, 0.15) is 0 Å². The third kappa shape index (κ3) is 7.95. The second-order valence-corrected chi connectivity index (χ2v) is 9.00. The summed E-state index contributed by atoms with van der Waals surface area (Å²) in [5, 5.41) is 3.27. The first-order valence-corrected chi connectivity index (χ1v) is 11.6. The van der Waals surface area contributed by atoms with Crippen molar-refractivity contribution in [2.75, 3.05) is 26.5 Å². The molecule has 2 aromatic carbocycles. The molecule has 1 N–H and O–H groups in total. The summed E-state index contributed by atoms with van der Waals surface area (Å²) in [6.45, 7) is 4.78. The van der Waals surface area contributed by atoms with Gasteiger partial charge < -0.3 is 15.0 Å². The van der Waals surface area contributed by atoms with Crippen molar-refractivity contribution in [1.29, 1.82) is 0 Å². The molecule has 0 aromatic heterocycles. The summed E-state index contributed by atoms with van der Waals surface area (Å²) in [6.07, 6.45) is 0.611. The zero-order chi connectivity index (χ0) is 22.1. The number of benzene rings is 2. The smallest absolute Gasteiger partial charge is 0.194 e. The number of guanidine groups is 1. The van der Waals surface area contributed by atoms with Gasteiger partial charge in [-0.3, -0.25) is 4.99 Å². The highest BCUT2D eigenvalue weighted by Gasteiger charge is 2.22. The van der Waals surface area contributed by atoms with Gasteiger partial charge in [0.15, 0.2) is 27.4 Å². The van der Waals surface area contributed by atoms with E-state index in [1.54, 1.807) is 42.5 Å². The summed E-state index contributed by atoms with van der Waals surface area (Å²) in [6, 6.07) is 12.9. The highest BCUT2D eigenvalue weighted by atomic mass is 127. The van der Waals surface area contributed by atoms with Gasteiger partial charge in [-0.15, -0.1) is 24.0 Å². The maximum atomic E-state index is 14.0. The molecule has 172 valence electrons. The van der Waals surface area contributed by atoms with Crippen molar-refractivity contribution in [2.24, 2.45) is 4.99 Å². The molecule has 9 heteroatoms. The largest absolute Gasteiger partial charge is 0.494 e. The van der Waals surface area contributed by atoms with E-state index < -0.39 is 15.7 Å². The number of rotatable bonds is 9. The SMILES string of the molecule is CCN=C(NC(CC)CS(=O)(=O)c1ccccc1)N(C)Cc1ccc(OC)c(F)c1.I. The number of nitrogens with one attached hydrogen (secondary N) is 1. The van der Waals surface area contributed by atoms with Crippen LogP contribution < -0.4 is 10.1 Å². The van der Waals surface area contributed by atoms with Crippen molar-refractivity contribution in [2.45, 2.75) is 37.8 Å². The second-order valence-electron chi connectivity index (χ2n) is 6.97. The van der Waals surface area contributed by atoms with Crippen molar-refractivity contribution in [3.05, 3.63) is 59.9 Å². The quantitative estimate of drug-likeness (QED) is 0.283. The van der Waals surface area contributed by atoms with Gasteiger partial charge in [0, 0.05) is 26.2 Å². The zero-order valence-corrected chi connectivity index (χ0v) is 21.5. The minimum atomic E-state index is -3.43. The summed E-state index contributed by atoms with van der Waals surface area (Å²) < 4.78 is 44.5. The van der Waals surface area contributed by atoms with Gasteiger partial charge in [0.05, 0.1) is 17.8 Å². The number of methoxy groups -OCH3 is 1. The van der Waals surface area contributed by atoms with Crippen LogP contribution in [-0.2, 0) is 16.4 Å². The molecule has 0 heterocycles. The van der Waals surface area contributed by atoms with Gasteiger partial charge in [-0.2, -0.15) is 0 Å². The number of halogens is 2. The summed E-state index contributed by atoms with van der Waals surface area (Å²) in [5.41, 5.74) is 0.756. The lowest BCUT2D eigenvalue weighted by atomic mass is 10.2. The monoisotopic (exact) mass is 563 g/mol. The molecule has 0 aliphatic rings. The van der Waals surface area contributed by atoms with E-state index in [1.165, 1.54) is 13.2 Å². The summed E-state index contributed by atoms with van der Waals surface area (Å²) in [7, 11) is -0.169. The second kappa shape index (κ2) is 12.8. The van der Waals surface area contributed by atoms with Crippen molar-refractivity contribution in [1.82, 2.24) is 10.2 Å². The van der Waals surface area contributed by atoms with Gasteiger partial charge in [0.25, 0.3) is 0 Å². The highest BCUT2D eigenvalue weighted by Crippen LogP contribution is 2.18. The molecule has 6 nitrogen and oxygen atoms in total. The molecule has 1 atom stereocenters. The lowest BCUT2D eigenvalue weighted by Crippen LogP contribution is -2.46. The van der Waals surface area contributed by atoms with Crippen molar-refractivity contribution < 1.29 is 17.5 Å². The molecule has 1 unspecified atom stereocenters. The summed E-state index contributed by atoms with van der Waals surface area (Å²) in [5.74, 6) is 0.301. The van der Waals surface area contributed by atoms with Crippen LogP contribution in [0.1, 0.15) is 25.8 Å². The van der Waals surface area contributed by atoms with Crippen LogP contribution in [0.5, 0.6) is 5.75 Å². The minimum absolute atomic E-state index is 0. The molecule has 2 aromatic rings. The Labute approximate surface area is 201 Å². The van der Waals surface area contributed by atoms with Crippen LogP contribution in [0.2, 0.25) is 0 Å². The van der Waals surface area contributed by atoms with Crippen LogP contribution in [0.4, 0.5) is 4.39 Å². The van der Waals surface area contributed by atoms with Crippen LogP contribution in [0, 0.1) is 5.82 Å². The topological polar surface area (TPSA) is 71.0 Å². The average Bonchev–Trinajstić information content (AvgIpc) is 2.73. The first kappa shape index (κ1) is 27.2. The average molecular weight is 563 g/mol.